The number of hydrogen-bond donors (Lipinski definition) is 2. The maximum atomic E-state index is 12.2. The molecule has 150 valence electrons. The van der Waals surface area contributed by atoms with Gasteiger partial charge in [0.2, 0.25) is 0 Å². The largest absolute Gasteiger partial charge is 0.493 e. The highest BCUT2D eigenvalue weighted by atomic mass is 79.9. The zero-order valence-electron chi connectivity index (χ0n) is 15.8. The van der Waals surface area contributed by atoms with Crippen molar-refractivity contribution >= 4 is 43.7 Å². The smallest absolute Gasteiger partial charge is 0.276 e. The van der Waals surface area contributed by atoms with E-state index in [0.29, 0.717) is 34.1 Å². The first-order chi connectivity index (χ1) is 13.3. The Hall–Kier alpha value is -2.06. The summed E-state index contributed by atoms with van der Waals surface area (Å²) in [6.45, 7) is 6.37. The van der Waals surface area contributed by atoms with Crippen molar-refractivity contribution in [3.05, 3.63) is 56.5 Å². The molecule has 0 saturated heterocycles. The van der Waals surface area contributed by atoms with Crippen LogP contribution >= 0.6 is 31.9 Å². The van der Waals surface area contributed by atoms with Crippen molar-refractivity contribution in [2.75, 3.05) is 13.2 Å². The van der Waals surface area contributed by atoms with Crippen molar-refractivity contribution in [1.29, 1.82) is 0 Å². The Balaban J connectivity index is 1.85. The number of nitrogens with one attached hydrogen (secondary N) is 2. The van der Waals surface area contributed by atoms with Crippen molar-refractivity contribution in [2.45, 2.75) is 26.7 Å². The van der Waals surface area contributed by atoms with Gasteiger partial charge in [-0.05, 0) is 80.6 Å². The van der Waals surface area contributed by atoms with Crippen molar-refractivity contribution in [3.8, 4) is 11.5 Å². The second kappa shape index (κ2) is 10.5. The average Bonchev–Trinajstić information content (AvgIpc) is 2.66. The Bertz CT molecular complexity index is 856. The molecule has 0 aliphatic heterocycles. The molecule has 6 nitrogen and oxygen atoms in total. The predicted octanol–water partition coefficient (Wildman–Crippen LogP) is 4.57. The summed E-state index contributed by atoms with van der Waals surface area (Å²) in [5.74, 6) is 0.677. The van der Waals surface area contributed by atoms with Gasteiger partial charge in [0.05, 0.1) is 15.6 Å². The summed E-state index contributed by atoms with van der Waals surface area (Å²) in [5, 5.41) is 0. The highest BCUT2D eigenvalue weighted by molar-refractivity contribution is 9.10. The summed E-state index contributed by atoms with van der Waals surface area (Å²) < 4.78 is 12.3. The molecule has 0 aromatic heterocycles. The number of halogens is 2. The SMILES string of the molecule is CCOc1ccc(C(=O)NNC(=O)COc2ccc(C(C)C)cc2Br)cc1Br. The first kappa shape index (κ1) is 22.2. The van der Waals surface area contributed by atoms with E-state index in [1.165, 1.54) is 0 Å². The molecule has 0 aliphatic carbocycles. The van der Waals surface area contributed by atoms with Crippen LogP contribution in [0.4, 0.5) is 0 Å². The summed E-state index contributed by atoms with van der Waals surface area (Å²) in [7, 11) is 0. The second-order valence-corrected chi connectivity index (χ2v) is 7.92. The van der Waals surface area contributed by atoms with Crippen LogP contribution in [0.15, 0.2) is 45.3 Å². The predicted molar refractivity (Wildman–Crippen MR) is 115 cm³/mol. The summed E-state index contributed by atoms with van der Waals surface area (Å²) in [5.41, 5.74) is 6.24. The van der Waals surface area contributed by atoms with Gasteiger partial charge in [0.15, 0.2) is 6.61 Å². The summed E-state index contributed by atoms with van der Waals surface area (Å²) in [6, 6.07) is 10.6. The normalized spacial score (nSPS) is 10.5. The molecule has 2 rings (SSSR count). The lowest BCUT2D eigenvalue weighted by molar-refractivity contribution is -0.123. The number of carbonyl (C=O) groups is 2. The van der Waals surface area contributed by atoms with Gasteiger partial charge < -0.3 is 9.47 Å². The van der Waals surface area contributed by atoms with Gasteiger partial charge in [-0.3, -0.25) is 20.4 Å². The first-order valence-electron chi connectivity index (χ1n) is 8.75. The van der Waals surface area contributed by atoms with Gasteiger partial charge in [-0.25, -0.2) is 0 Å². The van der Waals surface area contributed by atoms with Crippen LogP contribution < -0.4 is 20.3 Å². The summed E-state index contributed by atoms with van der Waals surface area (Å²) >= 11 is 6.79. The van der Waals surface area contributed by atoms with E-state index in [9.17, 15) is 9.59 Å². The van der Waals surface area contributed by atoms with Gasteiger partial charge in [-0.15, -0.1) is 0 Å². The van der Waals surface area contributed by atoms with Crippen LogP contribution in [0.2, 0.25) is 0 Å². The molecular formula is C20H22Br2N2O4. The number of benzene rings is 2. The lowest BCUT2D eigenvalue weighted by atomic mass is 10.0. The number of rotatable bonds is 7. The van der Waals surface area contributed by atoms with E-state index in [1.807, 2.05) is 25.1 Å². The van der Waals surface area contributed by atoms with Crippen LogP contribution in [0.3, 0.4) is 0 Å². The second-order valence-electron chi connectivity index (χ2n) is 6.21. The Morgan fingerprint density at radius 2 is 1.61 bits per heavy atom. The Morgan fingerprint density at radius 1 is 0.964 bits per heavy atom. The minimum absolute atomic E-state index is 0.229. The van der Waals surface area contributed by atoms with Crippen LogP contribution in [0.1, 0.15) is 42.6 Å². The fourth-order valence-electron chi connectivity index (χ4n) is 2.29. The van der Waals surface area contributed by atoms with Crippen LogP contribution in [0.5, 0.6) is 11.5 Å². The number of ether oxygens (including phenoxy) is 2. The number of hydrazine groups is 1. The number of carbonyl (C=O) groups excluding carboxylic acids is 2. The molecule has 2 aromatic rings. The fourth-order valence-corrected chi connectivity index (χ4v) is 3.29. The Labute approximate surface area is 181 Å². The topological polar surface area (TPSA) is 76.7 Å². The van der Waals surface area contributed by atoms with Gasteiger partial charge in [0.1, 0.15) is 11.5 Å². The molecule has 8 heteroatoms. The molecule has 2 amide bonds. The molecule has 0 aliphatic rings. The minimum atomic E-state index is -0.474. The van der Waals surface area contributed by atoms with Crippen molar-refractivity contribution in [2.24, 2.45) is 0 Å². The van der Waals surface area contributed by atoms with Gasteiger partial charge in [-0.1, -0.05) is 19.9 Å². The molecule has 0 radical (unpaired) electrons. The molecule has 28 heavy (non-hydrogen) atoms. The van der Waals surface area contributed by atoms with Crippen molar-refractivity contribution in [1.82, 2.24) is 10.9 Å². The molecule has 0 bridgehead atoms. The summed E-state index contributed by atoms with van der Waals surface area (Å²) in [4.78, 5) is 24.1. The van der Waals surface area contributed by atoms with E-state index in [-0.39, 0.29) is 6.61 Å². The standard InChI is InChI=1S/C20H22Br2N2O4/c1-4-27-17-8-6-14(10-16(17)22)20(26)24-23-19(25)11-28-18-7-5-13(12(2)3)9-15(18)21/h5-10,12H,4,11H2,1-3H3,(H,23,25)(H,24,26). The molecule has 0 fully saturated rings. The Morgan fingerprint density at radius 3 is 2.21 bits per heavy atom. The third-order valence-corrected chi connectivity index (χ3v) is 5.03. The van der Waals surface area contributed by atoms with E-state index in [2.05, 4.69) is 56.6 Å². The third kappa shape index (κ3) is 6.24. The van der Waals surface area contributed by atoms with E-state index >= 15 is 0 Å². The van der Waals surface area contributed by atoms with Crippen LogP contribution in [-0.4, -0.2) is 25.0 Å². The number of amides is 2. The van der Waals surface area contributed by atoms with Gasteiger partial charge >= 0.3 is 0 Å². The molecule has 2 aromatic carbocycles. The zero-order chi connectivity index (χ0) is 20.7. The minimum Gasteiger partial charge on any atom is -0.493 e. The highest BCUT2D eigenvalue weighted by Crippen LogP contribution is 2.29. The quantitative estimate of drug-likeness (QED) is 0.531. The molecular weight excluding hydrogens is 492 g/mol. The molecule has 0 heterocycles. The molecule has 0 unspecified atom stereocenters. The fraction of sp³-hybridized carbons (Fsp3) is 0.300. The lowest BCUT2D eigenvalue weighted by Gasteiger charge is -2.12. The monoisotopic (exact) mass is 512 g/mol. The molecule has 0 spiro atoms. The highest BCUT2D eigenvalue weighted by Gasteiger charge is 2.12. The Kier molecular flexibility index (Phi) is 8.32. The van der Waals surface area contributed by atoms with Crippen molar-refractivity contribution < 1.29 is 19.1 Å². The van der Waals surface area contributed by atoms with Gasteiger partial charge in [-0.2, -0.15) is 0 Å². The van der Waals surface area contributed by atoms with E-state index in [4.69, 9.17) is 9.47 Å². The van der Waals surface area contributed by atoms with Crippen LogP contribution in [0.25, 0.3) is 0 Å². The molecule has 0 atom stereocenters. The average molecular weight is 514 g/mol. The van der Waals surface area contributed by atoms with E-state index in [0.717, 1.165) is 10.0 Å². The van der Waals surface area contributed by atoms with Crippen LogP contribution in [-0.2, 0) is 4.79 Å². The maximum Gasteiger partial charge on any atom is 0.276 e. The maximum absolute atomic E-state index is 12.2. The van der Waals surface area contributed by atoms with E-state index in [1.54, 1.807) is 18.2 Å². The first-order valence-corrected chi connectivity index (χ1v) is 10.3. The zero-order valence-corrected chi connectivity index (χ0v) is 19.0. The third-order valence-electron chi connectivity index (χ3n) is 3.79. The van der Waals surface area contributed by atoms with Gasteiger partial charge in [0, 0.05) is 5.56 Å². The molecule has 0 saturated carbocycles. The lowest BCUT2D eigenvalue weighted by Crippen LogP contribution is -2.43. The number of hydrogen-bond acceptors (Lipinski definition) is 4. The van der Waals surface area contributed by atoms with E-state index < -0.39 is 11.8 Å². The summed E-state index contributed by atoms with van der Waals surface area (Å²) in [6.07, 6.45) is 0. The van der Waals surface area contributed by atoms with Crippen molar-refractivity contribution in [3.63, 3.8) is 0 Å². The molecule has 2 N–H and O–H groups in total. The van der Waals surface area contributed by atoms with Crippen LogP contribution in [0, 0.1) is 0 Å². The van der Waals surface area contributed by atoms with Gasteiger partial charge in [0.25, 0.3) is 11.8 Å².